The molecule has 0 aliphatic rings. The van der Waals surface area contributed by atoms with Crippen molar-refractivity contribution >= 4 is 23.9 Å². The molecule has 0 fully saturated rings. The first-order chi connectivity index (χ1) is 7.71. The van der Waals surface area contributed by atoms with Crippen LogP contribution in [0.3, 0.4) is 0 Å². The van der Waals surface area contributed by atoms with E-state index in [9.17, 15) is 24.3 Å². The fourth-order valence-electron chi connectivity index (χ4n) is 0.893. The van der Waals surface area contributed by atoms with Gasteiger partial charge in [-0.3, -0.25) is 9.59 Å². The summed E-state index contributed by atoms with van der Waals surface area (Å²) in [5.74, 6) is -6.00. The van der Waals surface area contributed by atoms with Gasteiger partial charge in [0, 0.05) is 6.08 Å². The second-order valence-electron chi connectivity index (χ2n) is 3.08. The Morgan fingerprint density at radius 1 is 1.10 bits per heavy atom. The van der Waals surface area contributed by atoms with Crippen molar-refractivity contribution in [2.75, 3.05) is 0 Å². The van der Waals surface area contributed by atoms with Crippen molar-refractivity contribution in [3.63, 3.8) is 0 Å². The molecule has 0 bridgehead atoms. The summed E-state index contributed by atoms with van der Waals surface area (Å²) in [6.07, 6.45) is -1.69. The topological polar surface area (TPSA) is 138 Å². The van der Waals surface area contributed by atoms with E-state index in [1.165, 1.54) is 0 Å². The van der Waals surface area contributed by atoms with Gasteiger partial charge in [-0.15, -0.1) is 0 Å². The fraction of sp³-hybridized carbons (Fsp3) is 0.333. The molecule has 0 heterocycles. The molecule has 1 unspecified atom stereocenters. The summed E-state index contributed by atoms with van der Waals surface area (Å²) < 4.78 is 4.01. The van der Waals surface area contributed by atoms with Crippen LogP contribution in [0.4, 0.5) is 0 Å². The standard InChI is InChI=1S/C9H10O8.3Na.3H/c1-2-6(12)17-7(13)4-9(16,8(14)15)3-5(10)11;;;;;;/h2,16H,1,3-4H2,(H,10,11)(H,14,15);;;;;;/q;3*+1;3*-1. The molecular formula is C9H13Na3O8. The molecule has 0 radical (unpaired) electrons. The quantitative estimate of drug-likeness (QED) is 0.190. The van der Waals surface area contributed by atoms with Crippen LogP contribution in [0.5, 0.6) is 0 Å². The molecule has 0 amide bonds. The van der Waals surface area contributed by atoms with E-state index < -0.39 is 42.3 Å². The van der Waals surface area contributed by atoms with E-state index in [2.05, 4.69) is 11.3 Å². The van der Waals surface area contributed by atoms with Crippen molar-refractivity contribution < 1.29 is 132 Å². The van der Waals surface area contributed by atoms with E-state index in [0.29, 0.717) is 6.08 Å². The SMILES string of the molecule is C=CC(=O)OC(=O)CC(O)(CC(=O)O)C(=O)O.[H-].[H-].[H-].[Na+].[Na+].[Na+]. The normalized spacial score (nSPS) is 11.2. The molecule has 0 aliphatic heterocycles. The molecule has 20 heavy (non-hydrogen) atoms. The van der Waals surface area contributed by atoms with Gasteiger partial charge in [0.2, 0.25) is 0 Å². The van der Waals surface area contributed by atoms with E-state index in [0.717, 1.165) is 0 Å². The molecule has 11 heteroatoms. The minimum Gasteiger partial charge on any atom is -1.00 e. The van der Waals surface area contributed by atoms with Crippen LogP contribution in [0.2, 0.25) is 0 Å². The van der Waals surface area contributed by atoms with Gasteiger partial charge in [-0.25, -0.2) is 9.59 Å². The number of carbonyl (C=O) groups excluding carboxylic acids is 2. The third-order valence-electron chi connectivity index (χ3n) is 1.66. The largest absolute Gasteiger partial charge is 1.00 e. The summed E-state index contributed by atoms with van der Waals surface area (Å²) in [6, 6.07) is 0. The van der Waals surface area contributed by atoms with Crippen LogP contribution in [0.25, 0.3) is 0 Å². The first-order valence-corrected chi connectivity index (χ1v) is 4.26. The molecular weight excluding hydrogens is 305 g/mol. The van der Waals surface area contributed by atoms with Crippen LogP contribution in [0.1, 0.15) is 17.1 Å². The van der Waals surface area contributed by atoms with Crippen LogP contribution in [-0.4, -0.2) is 44.8 Å². The van der Waals surface area contributed by atoms with Gasteiger partial charge < -0.3 is 24.3 Å². The molecule has 0 aromatic heterocycles. The zero-order valence-electron chi connectivity index (χ0n) is 14.6. The summed E-state index contributed by atoms with van der Waals surface area (Å²) in [5.41, 5.74) is -2.82. The summed E-state index contributed by atoms with van der Waals surface area (Å²) >= 11 is 0. The number of carboxylic acids is 2. The number of hydrogen-bond acceptors (Lipinski definition) is 6. The number of aliphatic hydroxyl groups is 1. The van der Waals surface area contributed by atoms with Crippen LogP contribution >= 0.6 is 0 Å². The van der Waals surface area contributed by atoms with Gasteiger partial charge >= 0.3 is 113 Å². The van der Waals surface area contributed by atoms with Gasteiger partial charge in [-0.2, -0.15) is 0 Å². The number of ether oxygens (including phenoxy) is 1. The third kappa shape index (κ3) is 11.4. The van der Waals surface area contributed by atoms with Gasteiger partial charge in [-0.1, -0.05) is 6.58 Å². The number of carboxylic acid groups (broad SMARTS) is 2. The Bertz CT molecular complexity index is 396. The molecule has 0 spiro atoms. The molecule has 0 saturated carbocycles. The number of esters is 2. The van der Waals surface area contributed by atoms with Crippen molar-refractivity contribution in [2.45, 2.75) is 18.4 Å². The molecule has 8 nitrogen and oxygen atoms in total. The molecule has 0 saturated heterocycles. The van der Waals surface area contributed by atoms with E-state index in [4.69, 9.17) is 10.2 Å². The zero-order chi connectivity index (χ0) is 13.6. The van der Waals surface area contributed by atoms with Gasteiger partial charge in [0.05, 0.1) is 12.8 Å². The van der Waals surface area contributed by atoms with Gasteiger partial charge in [0.15, 0.2) is 5.60 Å². The Morgan fingerprint density at radius 2 is 1.55 bits per heavy atom. The summed E-state index contributed by atoms with van der Waals surface area (Å²) in [6.45, 7) is 2.99. The maximum absolute atomic E-state index is 11.0. The van der Waals surface area contributed by atoms with E-state index in [1.54, 1.807) is 0 Å². The van der Waals surface area contributed by atoms with Gasteiger partial charge in [0.1, 0.15) is 0 Å². The van der Waals surface area contributed by atoms with Crippen LogP contribution in [0.15, 0.2) is 12.7 Å². The second kappa shape index (κ2) is 13.4. The van der Waals surface area contributed by atoms with Crippen molar-refractivity contribution in [3.05, 3.63) is 12.7 Å². The van der Waals surface area contributed by atoms with Crippen LogP contribution in [0, 0.1) is 0 Å². The minimum absolute atomic E-state index is 0. The molecule has 3 N–H and O–H groups in total. The summed E-state index contributed by atoms with van der Waals surface area (Å²) in [4.78, 5) is 42.5. The Balaban J connectivity index is -0.0000000853. The number of hydrogen-bond donors (Lipinski definition) is 3. The van der Waals surface area contributed by atoms with Gasteiger partial charge in [-0.05, 0) is 0 Å². The average molecular weight is 318 g/mol. The maximum atomic E-state index is 11.0. The van der Waals surface area contributed by atoms with Crippen LogP contribution in [-0.2, 0) is 23.9 Å². The van der Waals surface area contributed by atoms with Crippen molar-refractivity contribution in [1.82, 2.24) is 0 Å². The number of rotatable bonds is 6. The molecule has 0 aliphatic carbocycles. The maximum Gasteiger partial charge on any atom is 1.00 e. The Labute approximate surface area is 185 Å². The summed E-state index contributed by atoms with van der Waals surface area (Å²) in [7, 11) is 0. The van der Waals surface area contributed by atoms with E-state index >= 15 is 0 Å². The molecule has 1 atom stereocenters. The Hall–Kier alpha value is 0.780. The monoisotopic (exact) mass is 318 g/mol. The predicted octanol–water partition coefficient (Wildman–Crippen LogP) is -9.73. The smallest absolute Gasteiger partial charge is 1.00 e. The molecule has 100 valence electrons. The second-order valence-corrected chi connectivity index (χ2v) is 3.08. The van der Waals surface area contributed by atoms with Gasteiger partial charge in [0.25, 0.3) is 0 Å². The number of aliphatic carboxylic acids is 2. The molecule has 0 aromatic carbocycles. The van der Waals surface area contributed by atoms with E-state index in [-0.39, 0.29) is 93.0 Å². The third-order valence-corrected chi connectivity index (χ3v) is 1.66. The number of carbonyl (C=O) groups is 4. The molecule has 0 aromatic rings. The summed E-state index contributed by atoms with van der Waals surface area (Å²) in [5, 5.41) is 26.4. The minimum atomic E-state index is -2.82. The molecule has 0 rings (SSSR count). The van der Waals surface area contributed by atoms with Crippen LogP contribution < -0.4 is 88.7 Å². The Kier molecular flexibility index (Phi) is 19.4. The van der Waals surface area contributed by atoms with Crippen molar-refractivity contribution in [2.24, 2.45) is 0 Å². The Morgan fingerprint density at radius 3 is 1.85 bits per heavy atom. The predicted molar refractivity (Wildman–Crippen MR) is 54.1 cm³/mol. The first kappa shape index (κ1) is 28.9. The van der Waals surface area contributed by atoms with Crippen molar-refractivity contribution in [1.29, 1.82) is 0 Å². The van der Waals surface area contributed by atoms with Crippen molar-refractivity contribution in [3.8, 4) is 0 Å². The average Bonchev–Trinajstić information content (AvgIpc) is 2.15. The fourth-order valence-corrected chi connectivity index (χ4v) is 0.893. The zero-order valence-corrected chi connectivity index (χ0v) is 17.6. The first-order valence-electron chi connectivity index (χ1n) is 4.26. The van der Waals surface area contributed by atoms with E-state index in [1.807, 2.05) is 0 Å².